The van der Waals surface area contributed by atoms with Gasteiger partial charge in [-0.05, 0) is 25.0 Å². The van der Waals surface area contributed by atoms with Crippen molar-refractivity contribution in [3.8, 4) is 0 Å². The average Bonchev–Trinajstić information content (AvgIpc) is 2.27. The number of β-lactam (4-membered cyclic amide) rings is 1. The first-order valence-electron chi connectivity index (χ1n) is 6.61. The van der Waals surface area contributed by atoms with E-state index in [0.29, 0.717) is 6.61 Å². The van der Waals surface area contributed by atoms with Crippen molar-refractivity contribution in [1.82, 2.24) is 4.90 Å². The molecule has 0 spiro atoms. The lowest BCUT2D eigenvalue weighted by Gasteiger charge is -2.66. The molecule has 0 saturated carbocycles. The maximum atomic E-state index is 12.6. The van der Waals surface area contributed by atoms with Crippen LogP contribution in [0.15, 0.2) is 0 Å². The Morgan fingerprint density at radius 1 is 1.39 bits per heavy atom. The maximum absolute atomic E-state index is 12.6. The zero-order valence-electron chi connectivity index (χ0n) is 12.8. The van der Waals surface area contributed by atoms with Crippen molar-refractivity contribution in [2.24, 2.45) is 10.8 Å². The Morgan fingerprint density at radius 2 is 1.94 bits per heavy atom. The van der Waals surface area contributed by atoms with Gasteiger partial charge in [0.05, 0.1) is 12.0 Å². The number of likely N-dealkylation sites (tertiary alicyclic amines) is 1. The van der Waals surface area contributed by atoms with Crippen molar-refractivity contribution < 1.29 is 9.22 Å². The third kappa shape index (κ3) is 2.04. The molecule has 106 valence electrons. The van der Waals surface area contributed by atoms with Crippen LogP contribution in [-0.2, 0) is 9.22 Å². The summed E-state index contributed by atoms with van der Waals surface area (Å²) in [5, 5.41) is 0. The number of nitrogens with zero attached hydrogens (tertiary/aromatic N) is 1. The fourth-order valence-corrected chi connectivity index (χ4v) is 4.65. The Balaban J connectivity index is 3.04. The van der Waals surface area contributed by atoms with E-state index in [2.05, 4.69) is 41.5 Å². The maximum Gasteiger partial charge on any atom is 0.233 e. The Hall–Kier alpha value is -0.00312. The lowest BCUT2D eigenvalue weighted by molar-refractivity contribution is -0.190. The van der Waals surface area contributed by atoms with Gasteiger partial charge in [0.1, 0.15) is 15.4 Å². The first-order valence-corrected chi connectivity index (χ1v) is 8.42. The van der Waals surface area contributed by atoms with Crippen LogP contribution in [0.2, 0.25) is 0 Å². The Morgan fingerprint density at radius 3 is 2.33 bits per heavy atom. The molecule has 2 atom stereocenters. The lowest BCUT2D eigenvalue weighted by atomic mass is 9.57. The van der Waals surface area contributed by atoms with Crippen LogP contribution in [0, 0.1) is 10.8 Å². The Bertz CT molecular complexity index is 331. The normalized spacial score (nSPS) is 32.8. The van der Waals surface area contributed by atoms with Crippen LogP contribution in [-0.4, -0.2) is 45.1 Å². The molecule has 0 radical (unpaired) electrons. The summed E-state index contributed by atoms with van der Waals surface area (Å²) < 4.78 is 5.26. The minimum Gasteiger partial charge on any atom is -0.426 e. The molecule has 0 bridgehead atoms. The van der Waals surface area contributed by atoms with Crippen molar-refractivity contribution in [2.75, 3.05) is 18.9 Å². The van der Waals surface area contributed by atoms with E-state index in [-0.39, 0.29) is 21.6 Å². The molecule has 5 heteroatoms. The van der Waals surface area contributed by atoms with Gasteiger partial charge in [-0.15, -0.1) is 11.8 Å². The Labute approximate surface area is 119 Å². The smallest absolute Gasteiger partial charge is 0.233 e. The third-order valence-electron chi connectivity index (χ3n) is 4.56. The summed E-state index contributed by atoms with van der Waals surface area (Å²) in [6.45, 7) is 14.4. The van der Waals surface area contributed by atoms with Gasteiger partial charge in [-0.3, -0.25) is 4.79 Å². The number of carbonyl (C=O) groups excluding carboxylic acids is 1. The first-order chi connectivity index (χ1) is 8.16. The number of carbonyl (C=O) groups is 1. The van der Waals surface area contributed by atoms with Crippen molar-refractivity contribution in [3.05, 3.63) is 0 Å². The molecule has 0 N–H and O–H groups in total. The second kappa shape index (κ2) is 5.17. The van der Waals surface area contributed by atoms with Crippen molar-refractivity contribution in [3.63, 3.8) is 0 Å². The first kappa shape index (κ1) is 16.1. The molecular weight excluding hydrogens is 262 g/mol. The summed E-state index contributed by atoms with van der Waals surface area (Å²) >= 11 is 1.88. The second-order valence-corrected chi connectivity index (χ2v) is 8.48. The molecule has 3 nitrogen and oxygen atoms in total. The standard InChI is InChI=1S/C13H27NO2SSi/c1-7-17-13(6)12(5,11(2,3)4)10(15)14(13)8-9-16-18/h7-9H2,1-6,18H3/t12-,13+/m0/s1. The molecule has 1 fully saturated rings. The van der Waals surface area contributed by atoms with Crippen molar-refractivity contribution >= 4 is 28.2 Å². The fraction of sp³-hybridized carbons (Fsp3) is 0.923. The number of amides is 1. The van der Waals surface area contributed by atoms with Gasteiger partial charge < -0.3 is 9.33 Å². The van der Waals surface area contributed by atoms with Crippen LogP contribution >= 0.6 is 11.8 Å². The molecule has 1 heterocycles. The highest BCUT2D eigenvalue weighted by molar-refractivity contribution is 8.00. The monoisotopic (exact) mass is 289 g/mol. The van der Waals surface area contributed by atoms with Gasteiger partial charge in [0.15, 0.2) is 0 Å². The topological polar surface area (TPSA) is 29.5 Å². The average molecular weight is 290 g/mol. The minimum atomic E-state index is -0.300. The van der Waals surface area contributed by atoms with E-state index >= 15 is 0 Å². The summed E-state index contributed by atoms with van der Waals surface area (Å²) in [5.41, 5.74) is -0.328. The van der Waals surface area contributed by atoms with Gasteiger partial charge in [0.2, 0.25) is 5.91 Å². The highest BCUT2D eigenvalue weighted by Gasteiger charge is 2.70. The predicted molar refractivity (Wildman–Crippen MR) is 81.7 cm³/mol. The molecule has 0 aliphatic carbocycles. The highest BCUT2D eigenvalue weighted by atomic mass is 32.2. The number of hydrogen-bond donors (Lipinski definition) is 0. The summed E-state index contributed by atoms with van der Waals surface area (Å²) in [5.74, 6) is 1.30. The zero-order chi connectivity index (χ0) is 14.2. The van der Waals surface area contributed by atoms with Gasteiger partial charge in [-0.2, -0.15) is 0 Å². The molecule has 0 aromatic rings. The minimum absolute atomic E-state index is 0.0284. The summed E-state index contributed by atoms with van der Waals surface area (Å²) in [7, 11) is 0.735. The predicted octanol–water partition coefficient (Wildman–Crippen LogP) is 1.65. The molecule has 0 aromatic carbocycles. The van der Waals surface area contributed by atoms with E-state index in [4.69, 9.17) is 4.43 Å². The molecule has 0 aromatic heterocycles. The van der Waals surface area contributed by atoms with E-state index in [0.717, 1.165) is 22.8 Å². The summed E-state index contributed by atoms with van der Waals surface area (Å²) in [6.07, 6.45) is 0. The molecular formula is C13H27NO2SSi. The zero-order valence-corrected chi connectivity index (χ0v) is 15.6. The fourth-order valence-electron chi connectivity index (χ4n) is 2.90. The molecule has 1 amide bonds. The van der Waals surface area contributed by atoms with E-state index < -0.39 is 0 Å². The van der Waals surface area contributed by atoms with Gasteiger partial charge in [0.25, 0.3) is 0 Å². The number of rotatable bonds is 5. The van der Waals surface area contributed by atoms with E-state index in [1.54, 1.807) is 0 Å². The van der Waals surface area contributed by atoms with Crippen molar-refractivity contribution in [2.45, 2.75) is 46.4 Å². The van der Waals surface area contributed by atoms with Gasteiger partial charge in [0, 0.05) is 6.54 Å². The molecule has 1 saturated heterocycles. The lowest BCUT2D eigenvalue weighted by Crippen LogP contribution is -2.78. The molecule has 1 aliphatic heterocycles. The van der Waals surface area contributed by atoms with Crippen LogP contribution in [0.1, 0.15) is 41.5 Å². The molecule has 1 rings (SSSR count). The second-order valence-electron chi connectivity index (χ2n) is 6.24. The van der Waals surface area contributed by atoms with Crippen molar-refractivity contribution in [1.29, 1.82) is 0 Å². The van der Waals surface area contributed by atoms with Crippen LogP contribution in [0.25, 0.3) is 0 Å². The Kier molecular flexibility index (Phi) is 4.61. The number of hydrogen-bond acceptors (Lipinski definition) is 3. The van der Waals surface area contributed by atoms with Gasteiger partial charge >= 0.3 is 0 Å². The van der Waals surface area contributed by atoms with E-state index in [9.17, 15) is 4.79 Å². The summed E-state index contributed by atoms with van der Waals surface area (Å²) in [6, 6.07) is 0. The molecule has 18 heavy (non-hydrogen) atoms. The van der Waals surface area contributed by atoms with E-state index in [1.165, 1.54) is 0 Å². The largest absolute Gasteiger partial charge is 0.426 e. The van der Waals surface area contributed by atoms with E-state index in [1.807, 2.05) is 16.7 Å². The van der Waals surface area contributed by atoms with Gasteiger partial charge in [-0.25, -0.2) is 0 Å². The van der Waals surface area contributed by atoms with Gasteiger partial charge in [-0.1, -0.05) is 27.7 Å². The van der Waals surface area contributed by atoms with Crippen LogP contribution in [0.4, 0.5) is 0 Å². The summed E-state index contributed by atoms with van der Waals surface area (Å²) in [4.78, 5) is 14.5. The SMILES string of the molecule is CCS[C@@]1(C)N(CCO[SiH3])C(=O)[C@@]1(C)C(C)(C)C. The molecule has 1 aliphatic rings. The molecule has 0 unspecified atom stereocenters. The van der Waals surface area contributed by atoms with Crippen LogP contribution in [0.5, 0.6) is 0 Å². The number of thioether (sulfide) groups is 1. The van der Waals surface area contributed by atoms with Crippen LogP contribution < -0.4 is 0 Å². The van der Waals surface area contributed by atoms with Crippen LogP contribution in [0.3, 0.4) is 0 Å². The quantitative estimate of drug-likeness (QED) is 0.569. The third-order valence-corrected chi connectivity index (χ3v) is 6.45. The highest BCUT2D eigenvalue weighted by Crippen LogP contribution is 2.62.